The zero-order valence-corrected chi connectivity index (χ0v) is 16.2. The SMILES string of the molecule is Cc1cc(-n2c(=O)c3ccccc3n2C)ccc1-c1nc2ccc(O)cc2s1. The molecule has 0 unspecified atom stereocenters. The van der Waals surface area contributed by atoms with Crippen LogP contribution in [0.4, 0.5) is 0 Å². The molecule has 5 rings (SSSR count). The van der Waals surface area contributed by atoms with Gasteiger partial charge in [-0.3, -0.25) is 9.48 Å². The summed E-state index contributed by atoms with van der Waals surface area (Å²) in [7, 11) is 1.90. The Kier molecular flexibility index (Phi) is 3.64. The predicted molar refractivity (Wildman–Crippen MR) is 114 cm³/mol. The van der Waals surface area contributed by atoms with Gasteiger partial charge in [0.1, 0.15) is 10.8 Å². The van der Waals surface area contributed by atoms with E-state index in [9.17, 15) is 9.90 Å². The van der Waals surface area contributed by atoms with Crippen molar-refractivity contribution in [1.29, 1.82) is 0 Å². The van der Waals surface area contributed by atoms with Gasteiger partial charge in [0.2, 0.25) is 0 Å². The van der Waals surface area contributed by atoms with Crippen LogP contribution in [-0.2, 0) is 7.05 Å². The zero-order valence-electron chi connectivity index (χ0n) is 15.4. The molecular formula is C22H17N3O2S. The van der Waals surface area contributed by atoms with Crippen molar-refractivity contribution in [2.45, 2.75) is 6.92 Å². The summed E-state index contributed by atoms with van der Waals surface area (Å²) in [5, 5.41) is 11.3. The van der Waals surface area contributed by atoms with Crippen LogP contribution in [-0.4, -0.2) is 19.5 Å². The van der Waals surface area contributed by atoms with E-state index >= 15 is 0 Å². The number of nitrogens with zero attached hydrogens (tertiary/aromatic N) is 3. The average Bonchev–Trinajstić information content (AvgIpc) is 3.21. The molecule has 2 heterocycles. The van der Waals surface area contributed by atoms with E-state index in [1.165, 1.54) is 0 Å². The maximum absolute atomic E-state index is 12.9. The third-order valence-electron chi connectivity index (χ3n) is 5.03. The fourth-order valence-electron chi connectivity index (χ4n) is 3.63. The van der Waals surface area contributed by atoms with Gasteiger partial charge in [0.25, 0.3) is 5.56 Å². The normalized spacial score (nSPS) is 11.5. The smallest absolute Gasteiger partial charge is 0.279 e. The van der Waals surface area contributed by atoms with Gasteiger partial charge in [-0.25, -0.2) is 9.67 Å². The number of aromatic nitrogens is 3. The molecule has 6 heteroatoms. The Morgan fingerprint density at radius 3 is 2.64 bits per heavy atom. The first-order valence-electron chi connectivity index (χ1n) is 8.90. The highest BCUT2D eigenvalue weighted by Crippen LogP contribution is 2.34. The minimum Gasteiger partial charge on any atom is -0.508 e. The lowest BCUT2D eigenvalue weighted by Crippen LogP contribution is -2.19. The van der Waals surface area contributed by atoms with Crippen molar-refractivity contribution < 1.29 is 5.11 Å². The van der Waals surface area contributed by atoms with Gasteiger partial charge in [0.15, 0.2) is 0 Å². The lowest BCUT2D eigenvalue weighted by atomic mass is 10.1. The monoisotopic (exact) mass is 387 g/mol. The number of aromatic hydroxyl groups is 1. The Morgan fingerprint density at radius 1 is 1.04 bits per heavy atom. The van der Waals surface area contributed by atoms with E-state index in [2.05, 4.69) is 0 Å². The molecule has 2 aromatic heterocycles. The number of rotatable bonds is 2. The molecule has 138 valence electrons. The first-order valence-corrected chi connectivity index (χ1v) is 9.72. The molecule has 0 radical (unpaired) electrons. The Bertz CT molecular complexity index is 1430. The van der Waals surface area contributed by atoms with Crippen molar-refractivity contribution in [2.75, 3.05) is 0 Å². The maximum Gasteiger partial charge on any atom is 0.279 e. The summed E-state index contributed by atoms with van der Waals surface area (Å²) < 4.78 is 4.52. The lowest BCUT2D eigenvalue weighted by molar-refractivity contribution is 0.476. The number of aryl methyl sites for hydroxylation is 2. The second-order valence-corrected chi connectivity index (χ2v) is 7.86. The molecule has 0 aliphatic rings. The summed E-state index contributed by atoms with van der Waals surface area (Å²) in [6.45, 7) is 2.02. The molecule has 0 amide bonds. The number of para-hydroxylation sites is 1. The average molecular weight is 387 g/mol. The third kappa shape index (κ3) is 2.46. The van der Waals surface area contributed by atoms with Crippen molar-refractivity contribution in [3.8, 4) is 22.0 Å². The highest BCUT2D eigenvalue weighted by atomic mass is 32.1. The van der Waals surface area contributed by atoms with E-state index in [1.54, 1.807) is 28.2 Å². The van der Waals surface area contributed by atoms with Crippen molar-refractivity contribution in [3.63, 3.8) is 0 Å². The van der Waals surface area contributed by atoms with Crippen LogP contribution in [0.1, 0.15) is 5.56 Å². The van der Waals surface area contributed by atoms with E-state index in [-0.39, 0.29) is 11.3 Å². The van der Waals surface area contributed by atoms with Gasteiger partial charge in [0, 0.05) is 12.6 Å². The van der Waals surface area contributed by atoms with Crippen LogP contribution in [0.3, 0.4) is 0 Å². The summed E-state index contributed by atoms with van der Waals surface area (Å²) in [4.78, 5) is 17.6. The molecule has 0 bridgehead atoms. The van der Waals surface area contributed by atoms with Crippen LogP contribution in [0.5, 0.6) is 5.75 Å². The number of fused-ring (bicyclic) bond motifs is 2. The highest BCUT2D eigenvalue weighted by Gasteiger charge is 2.14. The van der Waals surface area contributed by atoms with Gasteiger partial charge in [-0.1, -0.05) is 12.1 Å². The zero-order chi connectivity index (χ0) is 19.4. The van der Waals surface area contributed by atoms with Gasteiger partial charge >= 0.3 is 0 Å². The quantitative estimate of drug-likeness (QED) is 0.481. The highest BCUT2D eigenvalue weighted by molar-refractivity contribution is 7.21. The minimum absolute atomic E-state index is 0.0271. The van der Waals surface area contributed by atoms with E-state index < -0.39 is 0 Å². The second kappa shape index (κ2) is 6.07. The van der Waals surface area contributed by atoms with Crippen LogP contribution in [0.2, 0.25) is 0 Å². The van der Waals surface area contributed by atoms with Crippen LogP contribution in [0.25, 0.3) is 37.4 Å². The Balaban J connectivity index is 1.65. The van der Waals surface area contributed by atoms with E-state index in [1.807, 2.05) is 67.2 Å². The number of thiazole rings is 1. The van der Waals surface area contributed by atoms with Crippen LogP contribution >= 0.6 is 11.3 Å². The van der Waals surface area contributed by atoms with Gasteiger partial charge in [-0.2, -0.15) is 0 Å². The first kappa shape index (κ1) is 16.8. The summed E-state index contributed by atoms with van der Waals surface area (Å²) in [6, 6.07) is 18.8. The van der Waals surface area contributed by atoms with Crippen molar-refractivity contribution in [1.82, 2.24) is 14.3 Å². The minimum atomic E-state index is -0.0271. The number of benzene rings is 3. The van der Waals surface area contributed by atoms with Gasteiger partial charge in [0.05, 0.1) is 26.8 Å². The third-order valence-corrected chi connectivity index (χ3v) is 6.08. The topological polar surface area (TPSA) is 60.0 Å². The standard InChI is InChI=1S/C22H17N3O2S/c1-13-11-14(25-22(27)17-5-3-4-6-19(17)24(25)2)7-9-16(13)21-23-18-10-8-15(26)12-20(18)28-21/h3-12,26H,1-2H3. The molecule has 0 atom stereocenters. The Hall–Kier alpha value is -3.38. The van der Waals surface area contributed by atoms with Crippen molar-refractivity contribution in [3.05, 3.63) is 76.6 Å². The Labute approximate surface area is 164 Å². The molecule has 0 aliphatic carbocycles. The summed E-state index contributed by atoms with van der Waals surface area (Å²) in [6.07, 6.45) is 0. The molecule has 5 aromatic rings. The molecule has 5 nitrogen and oxygen atoms in total. The van der Waals surface area contributed by atoms with Crippen LogP contribution in [0.15, 0.2) is 65.5 Å². The fraction of sp³-hybridized carbons (Fsp3) is 0.0909. The van der Waals surface area contributed by atoms with E-state index in [0.717, 1.165) is 37.6 Å². The first-order chi connectivity index (χ1) is 13.5. The van der Waals surface area contributed by atoms with Gasteiger partial charge < -0.3 is 5.11 Å². The predicted octanol–water partition coefficient (Wildman–Crippen LogP) is 4.62. The Morgan fingerprint density at radius 2 is 1.86 bits per heavy atom. The summed E-state index contributed by atoms with van der Waals surface area (Å²) >= 11 is 1.55. The molecule has 28 heavy (non-hydrogen) atoms. The number of phenols is 1. The van der Waals surface area contributed by atoms with Crippen molar-refractivity contribution in [2.24, 2.45) is 7.05 Å². The number of phenolic OH excluding ortho intramolecular Hbond substituents is 1. The molecule has 0 spiro atoms. The van der Waals surface area contributed by atoms with Crippen molar-refractivity contribution >= 4 is 32.5 Å². The van der Waals surface area contributed by atoms with E-state index in [4.69, 9.17) is 4.98 Å². The number of hydrogen-bond acceptors (Lipinski definition) is 4. The summed E-state index contributed by atoms with van der Waals surface area (Å²) in [5.41, 5.74) is 4.63. The largest absolute Gasteiger partial charge is 0.508 e. The molecule has 0 aliphatic heterocycles. The van der Waals surface area contributed by atoms with Gasteiger partial charge in [-0.15, -0.1) is 11.3 Å². The van der Waals surface area contributed by atoms with E-state index in [0.29, 0.717) is 5.39 Å². The summed E-state index contributed by atoms with van der Waals surface area (Å²) in [5.74, 6) is 0.241. The second-order valence-electron chi connectivity index (χ2n) is 6.83. The molecule has 0 saturated heterocycles. The fourth-order valence-corrected chi connectivity index (χ4v) is 4.72. The maximum atomic E-state index is 12.9. The molecular weight excluding hydrogens is 370 g/mol. The van der Waals surface area contributed by atoms with Crippen LogP contribution < -0.4 is 5.56 Å². The molecule has 3 aromatic carbocycles. The molecule has 0 saturated carbocycles. The molecule has 1 N–H and O–H groups in total. The lowest BCUT2D eigenvalue weighted by Gasteiger charge is -2.10. The number of hydrogen-bond donors (Lipinski definition) is 1. The molecule has 0 fully saturated rings. The van der Waals surface area contributed by atoms with Crippen LogP contribution in [0, 0.1) is 6.92 Å². The van der Waals surface area contributed by atoms with Gasteiger partial charge in [-0.05, 0) is 61.0 Å².